The van der Waals surface area contributed by atoms with Crippen LogP contribution in [0.15, 0.2) is 94.6 Å². The topological polar surface area (TPSA) is 0 Å². The Morgan fingerprint density at radius 1 is 0.893 bits per heavy atom. The number of fused-ring (bicyclic) bond motifs is 3. The lowest BCUT2D eigenvalue weighted by Gasteiger charge is -2.34. The van der Waals surface area contributed by atoms with Crippen LogP contribution in [0.25, 0.3) is 11.1 Å². The number of halogens is 1. The van der Waals surface area contributed by atoms with Crippen LogP contribution in [-0.2, 0) is 0 Å². The van der Waals surface area contributed by atoms with Gasteiger partial charge in [0.25, 0.3) is 0 Å². The van der Waals surface area contributed by atoms with Gasteiger partial charge in [-0.1, -0.05) is 107 Å². The average molecular weight is 443 g/mol. The summed E-state index contributed by atoms with van der Waals surface area (Å²) in [5.74, 6) is 0.617. The summed E-state index contributed by atoms with van der Waals surface area (Å²) in [7, 11) is -2.29. The van der Waals surface area contributed by atoms with Crippen molar-refractivity contribution in [2.24, 2.45) is 5.92 Å². The van der Waals surface area contributed by atoms with Crippen molar-refractivity contribution >= 4 is 39.6 Å². The summed E-state index contributed by atoms with van der Waals surface area (Å²) in [4.78, 5) is 0. The molecule has 2 heteroatoms. The zero-order chi connectivity index (χ0) is 19.3. The molecule has 3 aromatic rings. The number of hydrogen-bond acceptors (Lipinski definition) is 0. The molecule has 0 amide bonds. The minimum absolute atomic E-state index is 0.617. The van der Waals surface area contributed by atoms with E-state index in [1.54, 1.807) is 0 Å². The van der Waals surface area contributed by atoms with Gasteiger partial charge in [0.1, 0.15) is 0 Å². The second kappa shape index (κ2) is 6.72. The fourth-order valence-electron chi connectivity index (χ4n) is 4.88. The normalized spacial score (nSPS) is 22.5. The van der Waals surface area contributed by atoms with Crippen molar-refractivity contribution in [2.75, 3.05) is 0 Å². The Morgan fingerprint density at radius 3 is 2.39 bits per heavy atom. The Labute approximate surface area is 176 Å². The number of allylic oxidation sites excluding steroid dienone is 4. The molecule has 2 atom stereocenters. The molecule has 0 radical (unpaired) electrons. The molecular formula is C26H23BrSi. The molecule has 1 aliphatic heterocycles. The van der Waals surface area contributed by atoms with Gasteiger partial charge in [-0.2, -0.15) is 0 Å². The van der Waals surface area contributed by atoms with Crippen LogP contribution in [0.5, 0.6) is 0 Å². The molecule has 0 saturated heterocycles. The summed E-state index contributed by atoms with van der Waals surface area (Å²) in [5.41, 5.74) is 4.10. The van der Waals surface area contributed by atoms with Crippen LogP contribution in [0.3, 0.4) is 0 Å². The van der Waals surface area contributed by atoms with Crippen LogP contribution in [0.4, 0.5) is 0 Å². The maximum absolute atomic E-state index is 3.87. The van der Waals surface area contributed by atoms with Crippen molar-refractivity contribution in [2.45, 2.75) is 20.3 Å². The van der Waals surface area contributed by atoms with E-state index in [2.05, 4.69) is 115 Å². The second-order valence-electron chi connectivity index (χ2n) is 8.06. The molecule has 0 fully saturated rings. The van der Waals surface area contributed by atoms with E-state index < -0.39 is 8.07 Å². The first-order chi connectivity index (χ1) is 13.6. The SMILES string of the molecule is Cc1ccc([Si]2(C3=CCC(C)C=C3)c3ccccc3-c3c(Br)cccc32)cc1. The largest absolute Gasteiger partial charge is 0.180 e. The molecule has 138 valence electrons. The van der Waals surface area contributed by atoms with Gasteiger partial charge < -0.3 is 0 Å². The first-order valence-corrected chi connectivity index (χ1v) is 12.8. The predicted octanol–water partition coefficient (Wildman–Crippen LogP) is 5.27. The van der Waals surface area contributed by atoms with E-state index in [1.807, 2.05) is 0 Å². The number of benzene rings is 3. The molecule has 0 N–H and O–H groups in total. The van der Waals surface area contributed by atoms with E-state index in [4.69, 9.17) is 0 Å². The summed E-state index contributed by atoms with van der Waals surface area (Å²) in [6.07, 6.45) is 8.46. The van der Waals surface area contributed by atoms with Gasteiger partial charge in [-0.15, -0.1) is 0 Å². The maximum atomic E-state index is 3.87. The Hall–Kier alpha value is -2.16. The third-order valence-electron chi connectivity index (χ3n) is 6.25. The van der Waals surface area contributed by atoms with Crippen LogP contribution in [0.2, 0.25) is 0 Å². The summed E-state index contributed by atoms with van der Waals surface area (Å²) in [6.45, 7) is 4.48. The Bertz CT molecular complexity index is 1120. The highest BCUT2D eigenvalue weighted by Gasteiger charge is 2.49. The highest BCUT2D eigenvalue weighted by atomic mass is 79.9. The first-order valence-electron chi connectivity index (χ1n) is 9.97. The molecule has 0 nitrogen and oxygen atoms in total. The van der Waals surface area contributed by atoms with Crippen LogP contribution in [-0.4, -0.2) is 8.07 Å². The summed E-state index contributed by atoms with van der Waals surface area (Å²) in [5, 5.41) is 6.04. The minimum Gasteiger partial charge on any atom is -0.0836 e. The zero-order valence-corrected chi connectivity index (χ0v) is 18.8. The Balaban J connectivity index is 1.92. The minimum atomic E-state index is -2.29. The fraction of sp³-hybridized carbons (Fsp3) is 0.154. The van der Waals surface area contributed by atoms with E-state index in [-0.39, 0.29) is 0 Å². The molecular weight excluding hydrogens is 420 g/mol. The zero-order valence-electron chi connectivity index (χ0n) is 16.2. The average Bonchev–Trinajstić information content (AvgIpc) is 3.02. The number of hydrogen-bond donors (Lipinski definition) is 0. The van der Waals surface area contributed by atoms with Gasteiger partial charge in [0.2, 0.25) is 0 Å². The lowest BCUT2D eigenvalue weighted by molar-refractivity contribution is 0.734. The third kappa shape index (κ3) is 2.48. The standard InChI is InChI=1S/C26H23BrSi/c1-18-10-14-20(15-11-18)28(21-16-12-19(2)13-17-21)24-8-4-3-6-22(24)26-23(27)7-5-9-25(26)28/h3-12,14-17,19H,13H2,1-2H3. The first kappa shape index (κ1) is 17.9. The molecule has 0 aromatic heterocycles. The number of rotatable bonds is 2. The fourth-order valence-corrected chi connectivity index (χ4v) is 10.9. The summed E-state index contributed by atoms with van der Waals surface area (Å²) < 4.78 is 1.20. The van der Waals surface area contributed by atoms with Gasteiger partial charge in [-0.05, 0) is 57.2 Å². The molecule has 0 bridgehead atoms. The van der Waals surface area contributed by atoms with Crippen molar-refractivity contribution in [3.8, 4) is 11.1 Å². The molecule has 1 aliphatic carbocycles. The molecule has 1 heterocycles. The van der Waals surface area contributed by atoms with Crippen molar-refractivity contribution < 1.29 is 0 Å². The highest BCUT2D eigenvalue weighted by Crippen LogP contribution is 2.37. The predicted molar refractivity (Wildman–Crippen MR) is 126 cm³/mol. The van der Waals surface area contributed by atoms with Crippen molar-refractivity contribution in [3.05, 3.63) is 100 Å². The van der Waals surface area contributed by atoms with E-state index in [0.717, 1.165) is 6.42 Å². The highest BCUT2D eigenvalue weighted by molar-refractivity contribution is 9.10. The Kier molecular flexibility index (Phi) is 4.29. The van der Waals surface area contributed by atoms with Crippen molar-refractivity contribution in [3.63, 3.8) is 0 Å². The maximum Gasteiger partial charge on any atom is 0.180 e. The lowest BCUT2D eigenvalue weighted by Crippen LogP contribution is -2.66. The van der Waals surface area contributed by atoms with Crippen molar-refractivity contribution in [1.29, 1.82) is 0 Å². The molecule has 2 aliphatic rings. The van der Waals surface area contributed by atoms with E-state index in [1.165, 1.54) is 41.9 Å². The van der Waals surface area contributed by atoms with Gasteiger partial charge >= 0.3 is 0 Å². The van der Waals surface area contributed by atoms with Crippen LogP contribution in [0.1, 0.15) is 18.9 Å². The quantitative estimate of drug-likeness (QED) is 0.474. The van der Waals surface area contributed by atoms with E-state index >= 15 is 0 Å². The molecule has 2 unspecified atom stereocenters. The Morgan fingerprint density at radius 2 is 1.64 bits per heavy atom. The van der Waals surface area contributed by atoms with Crippen LogP contribution >= 0.6 is 15.9 Å². The van der Waals surface area contributed by atoms with Gasteiger partial charge in [0.05, 0.1) is 0 Å². The lowest BCUT2D eigenvalue weighted by atomic mass is 10.0. The summed E-state index contributed by atoms with van der Waals surface area (Å²) >= 11 is 3.87. The molecule has 28 heavy (non-hydrogen) atoms. The van der Waals surface area contributed by atoms with Gasteiger partial charge in [-0.25, -0.2) is 0 Å². The van der Waals surface area contributed by atoms with Gasteiger partial charge in [-0.3, -0.25) is 0 Å². The molecule has 3 aromatic carbocycles. The smallest absolute Gasteiger partial charge is 0.0836 e. The van der Waals surface area contributed by atoms with Gasteiger partial charge in [0.15, 0.2) is 8.07 Å². The van der Waals surface area contributed by atoms with Crippen LogP contribution < -0.4 is 15.6 Å². The van der Waals surface area contributed by atoms with Crippen LogP contribution in [0, 0.1) is 12.8 Å². The molecule has 0 saturated carbocycles. The molecule has 5 rings (SSSR count). The van der Waals surface area contributed by atoms with E-state index in [0.29, 0.717) is 5.92 Å². The summed E-state index contributed by atoms with van der Waals surface area (Å²) in [6, 6.07) is 25.1. The molecule has 0 spiro atoms. The van der Waals surface area contributed by atoms with Gasteiger partial charge in [0, 0.05) is 4.47 Å². The number of aryl methyl sites for hydroxylation is 1. The third-order valence-corrected chi connectivity index (χ3v) is 11.8. The second-order valence-corrected chi connectivity index (χ2v) is 12.6. The monoisotopic (exact) mass is 442 g/mol. The van der Waals surface area contributed by atoms with Crippen molar-refractivity contribution in [1.82, 2.24) is 0 Å². The van der Waals surface area contributed by atoms with E-state index in [9.17, 15) is 0 Å².